The zero-order valence-corrected chi connectivity index (χ0v) is 19.8. The van der Waals surface area contributed by atoms with E-state index in [9.17, 15) is 19.2 Å². The zero-order valence-electron chi connectivity index (χ0n) is 18.2. The Kier molecular flexibility index (Phi) is 6.47. The fraction of sp³-hybridized carbons (Fsp3) is 0.280. The Labute approximate surface area is 199 Å². The molecule has 1 aliphatic carbocycles. The standard InChI is InChI=1S/C25H23BrN2O5/c1-14-4-3-5-19-22(14)24(31)28(23(19)30)18-9-6-16(7-10-18)25(32)33-13-21(29)27-20-11-8-17(26)12-15(20)2/h3-4,6-12,14,19,22H,5,13H2,1-2H3,(H,27,29)/t14-,19-,22+/m1/s1. The molecule has 1 aliphatic heterocycles. The highest BCUT2D eigenvalue weighted by atomic mass is 79.9. The summed E-state index contributed by atoms with van der Waals surface area (Å²) >= 11 is 3.36. The molecule has 33 heavy (non-hydrogen) atoms. The van der Waals surface area contributed by atoms with Gasteiger partial charge in [0.15, 0.2) is 6.61 Å². The van der Waals surface area contributed by atoms with Crippen LogP contribution in [-0.4, -0.2) is 30.3 Å². The molecule has 3 atom stereocenters. The van der Waals surface area contributed by atoms with Gasteiger partial charge in [-0.2, -0.15) is 0 Å². The predicted octanol–water partition coefficient (Wildman–Crippen LogP) is 4.25. The monoisotopic (exact) mass is 510 g/mol. The lowest BCUT2D eigenvalue weighted by molar-refractivity contribution is -0.123. The van der Waals surface area contributed by atoms with Gasteiger partial charge in [-0.05, 0) is 67.3 Å². The first-order valence-corrected chi connectivity index (χ1v) is 11.4. The van der Waals surface area contributed by atoms with E-state index >= 15 is 0 Å². The van der Waals surface area contributed by atoms with Crippen LogP contribution in [0.4, 0.5) is 11.4 Å². The third-order valence-corrected chi connectivity index (χ3v) is 6.52. The van der Waals surface area contributed by atoms with Crippen LogP contribution in [0.2, 0.25) is 0 Å². The van der Waals surface area contributed by atoms with Crippen LogP contribution in [-0.2, 0) is 19.1 Å². The molecule has 3 amide bonds. The molecule has 0 unspecified atom stereocenters. The van der Waals surface area contributed by atoms with E-state index in [1.807, 2.05) is 32.1 Å². The molecule has 2 aromatic carbocycles. The van der Waals surface area contributed by atoms with Gasteiger partial charge < -0.3 is 10.1 Å². The number of esters is 1. The van der Waals surface area contributed by atoms with Gasteiger partial charge >= 0.3 is 5.97 Å². The fourth-order valence-electron chi connectivity index (χ4n) is 4.32. The molecule has 1 heterocycles. The van der Waals surface area contributed by atoms with E-state index in [1.54, 1.807) is 24.3 Å². The molecule has 0 saturated carbocycles. The van der Waals surface area contributed by atoms with Crippen molar-refractivity contribution in [2.24, 2.45) is 17.8 Å². The van der Waals surface area contributed by atoms with E-state index in [1.165, 1.54) is 17.0 Å². The first kappa shape index (κ1) is 22.9. The molecular formula is C25H23BrN2O5. The van der Waals surface area contributed by atoms with Crippen molar-refractivity contribution in [3.8, 4) is 0 Å². The number of aryl methyl sites for hydroxylation is 1. The number of carbonyl (C=O) groups excluding carboxylic acids is 4. The molecule has 4 rings (SSSR count). The number of carbonyl (C=O) groups is 4. The maximum Gasteiger partial charge on any atom is 0.338 e. The third kappa shape index (κ3) is 4.61. The van der Waals surface area contributed by atoms with Crippen molar-refractivity contribution in [3.63, 3.8) is 0 Å². The van der Waals surface area contributed by atoms with Crippen LogP contribution >= 0.6 is 15.9 Å². The average molecular weight is 511 g/mol. The topological polar surface area (TPSA) is 92.8 Å². The highest BCUT2D eigenvalue weighted by Gasteiger charge is 2.50. The molecule has 0 spiro atoms. The second-order valence-electron chi connectivity index (χ2n) is 8.30. The van der Waals surface area contributed by atoms with Crippen molar-refractivity contribution >= 4 is 51.0 Å². The van der Waals surface area contributed by atoms with E-state index in [-0.39, 0.29) is 35.1 Å². The number of anilines is 2. The number of amides is 3. The predicted molar refractivity (Wildman–Crippen MR) is 127 cm³/mol. The molecule has 0 bridgehead atoms. The molecule has 0 aromatic heterocycles. The second-order valence-corrected chi connectivity index (χ2v) is 9.21. The molecule has 1 fully saturated rings. The van der Waals surface area contributed by atoms with Gasteiger partial charge in [0.2, 0.25) is 11.8 Å². The van der Waals surface area contributed by atoms with E-state index in [2.05, 4.69) is 21.2 Å². The maximum absolute atomic E-state index is 12.9. The third-order valence-electron chi connectivity index (χ3n) is 6.03. The van der Waals surface area contributed by atoms with Crippen LogP contribution in [0.1, 0.15) is 29.3 Å². The first-order valence-electron chi connectivity index (χ1n) is 10.6. The van der Waals surface area contributed by atoms with Crippen molar-refractivity contribution in [3.05, 3.63) is 70.2 Å². The van der Waals surface area contributed by atoms with E-state index in [0.29, 0.717) is 17.8 Å². The summed E-state index contributed by atoms with van der Waals surface area (Å²) in [5, 5.41) is 2.70. The van der Waals surface area contributed by atoms with Gasteiger partial charge in [0, 0.05) is 10.2 Å². The Bertz CT molecular complexity index is 1160. The lowest BCUT2D eigenvalue weighted by Gasteiger charge is -2.22. The van der Waals surface area contributed by atoms with Crippen molar-refractivity contribution in [2.75, 3.05) is 16.8 Å². The van der Waals surface area contributed by atoms with E-state index in [0.717, 1.165) is 10.0 Å². The Morgan fingerprint density at radius 3 is 2.52 bits per heavy atom. The zero-order chi connectivity index (χ0) is 23.7. The number of imide groups is 1. The van der Waals surface area contributed by atoms with Crippen LogP contribution in [0.5, 0.6) is 0 Å². The lowest BCUT2D eigenvalue weighted by Crippen LogP contribution is -2.31. The molecule has 8 heteroatoms. The van der Waals surface area contributed by atoms with Gasteiger partial charge in [-0.15, -0.1) is 0 Å². The minimum atomic E-state index is -0.671. The summed E-state index contributed by atoms with van der Waals surface area (Å²) < 4.78 is 6.01. The van der Waals surface area contributed by atoms with Crippen LogP contribution in [0.3, 0.4) is 0 Å². The molecule has 7 nitrogen and oxygen atoms in total. The molecule has 2 aliphatic rings. The normalized spacial score (nSPS) is 21.7. The van der Waals surface area contributed by atoms with Crippen molar-refractivity contribution in [1.29, 1.82) is 0 Å². The molecule has 1 N–H and O–H groups in total. The molecule has 170 valence electrons. The van der Waals surface area contributed by atoms with Gasteiger partial charge in [0.25, 0.3) is 5.91 Å². The quantitative estimate of drug-likeness (QED) is 0.368. The van der Waals surface area contributed by atoms with Crippen LogP contribution in [0.25, 0.3) is 0 Å². The molecule has 2 aromatic rings. The van der Waals surface area contributed by atoms with Crippen molar-refractivity contribution in [1.82, 2.24) is 0 Å². The van der Waals surface area contributed by atoms with Gasteiger partial charge in [0.05, 0.1) is 23.1 Å². The fourth-order valence-corrected chi connectivity index (χ4v) is 4.79. The number of hydrogen-bond donors (Lipinski definition) is 1. The highest BCUT2D eigenvalue weighted by molar-refractivity contribution is 9.10. The number of nitrogens with zero attached hydrogens (tertiary/aromatic N) is 1. The number of halogens is 1. The van der Waals surface area contributed by atoms with Gasteiger partial charge in [-0.1, -0.05) is 35.0 Å². The smallest absolute Gasteiger partial charge is 0.338 e. The number of rotatable bonds is 5. The van der Waals surface area contributed by atoms with Crippen molar-refractivity contribution < 1.29 is 23.9 Å². The van der Waals surface area contributed by atoms with E-state index < -0.39 is 18.5 Å². The number of allylic oxidation sites excluding steroid dienone is 2. The first-order chi connectivity index (χ1) is 15.8. The number of nitrogens with one attached hydrogen (secondary N) is 1. The van der Waals surface area contributed by atoms with Crippen molar-refractivity contribution in [2.45, 2.75) is 20.3 Å². The summed E-state index contributed by atoms with van der Waals surface area (Å²) in [5.41, 5.74) is 2.15. The summed E-state index contributed by atoms with van der Waals surface area (Å²) in [5.74, 6) is -2.23. The Morgan fingerprint density at radius 2 is 1.85 bits per heavy atom. The second kappa shape index (κ2) is 9.31. The summed E-state index contributed by atoms with van der Waals surface area (Å²) in [6.07, 6.45) is 4.49. The number of hydrogen-bond acceptors (Lipinski definition) is 5. The Hall–Kier alpha value is -3.26. The minimum Gasteiger partial charge on any atom is -0.452 e. The highest BCUT2D eigenvalue weighted by Crippen LogP contribution is 2.40. The SMILES string of the molecule is Cc1cc(Br)ccc1NC(=O)COC(=O)c1ccc(N2C(=O)[C@H]3[C@H](C)C=CC[C@H]3C2=O)cc1. The lowest BCUT2D eigenvalue weighted by atomic mass is 9.78. The average Bonchev–Trinajstić information content (AvgIpc) is 3.05. The molecule has 0 radical (unpaired) electrons. The van der Waals surface area contributed by atoms with Gasteiger partial charge in [-0.25, -0.2) is 4.79 Å². The maximum atomic E-state index is 12.9. The largest absolute Gasteiger partial charge is 0.452 e. The van der Waals surface area contributed by atoms with Crippen LogP contribution in [0.15, 0.2) is 59.1 Å². The number of fused-ring (bicyclic) bond motifs is 1. The molecule has 1 saturated heterocycles. The summed E-state index contributed by atoms with van der Waals surface area (Å²) in [7, 11) is 0. The number of ether oxygens (including phenoxy) is 1. The Balaban J connectivity index is 1.37. The molecular weight excluding hydrogens is 488 g/mol. The van der Waals surface area contributed by atoms with E-state index in [4.69, 9.17) is 4.74 Å². The summed E-state index contributed by atoms with van der Waals surface area (Å²) in [4.78, 5) is 51.4. The summed E-state index contributed by atoms with van der Waals surface area (Å²) in [6, 6.07) is 11.5. The van der Waals surface area contributed by atoms with Gasteiger partial charge in [-0.3, -0.25) is 19.3 Å². The van der Waals surface area contributed by atoms with Crippen LogP contribution in [0, 0.1) is 24.7 Å². The summed E-state index contributed by atoms with van der Waals surface area (Å²) in [6.45, 7) is 3.36. The minimum absolute atomic E-state index is 0.00629. The van der Waals surface area contributed by atoms with Crippen LogP contribution < -0.4 is 10.2 Å². The number of benzene rings is 2. The van der Waals surface area contributed by atoms with Gasteiger partial charge in [0.1, 0.15) is 0 Å². The Morgan fingerprint density at radius 1 is 1.12 bits per heavy atom.